The molecule has 0 radical (unpaired) electrons. The van der Waals surface area contributed by atoms with Gasteiger partial charge in [0.2, 0.25) is 5.95 Å². The van der Waals surface area contributed by atoms with E-state index in [4.69, 9.17) is 10.5 Å². The summed E-state index contributed by atoms with van der Waals surface area (Å²) in [6.45, 7) is 4.17. The summed E-state index contributed by atoms with van der Waals surface area (Å²) in [7, 11) is 0. The van der Waals surface area contributed by atoms with Crippen LogP contribution in [0.5, 0.6) is 0 Å². The molecule has 1 aromatic rings. The summed E-state index contributed by atoms with van der Waals surface area (Å²) in [4.78, 5) is 21.1. The lowest BCUT2D eigenvalue weighted by atomic mass is 10.3. The number of aromatic nitrogens is 2. The average Bonchev–Trinajstić information content (AvgIpc) is 2.30. The Morgan fingerprint density at radius 1 is 1.59 bits per heavy atom. The zero-order chi connectivity index (χ0) is 12.3. The van der Waals surface area contributed by atoms with Gasteiger partial charge in [0.15, 0.2) is 0 Å². The van der Waals surface area contributed by atoms with Crippen LogP contribution in [0.4, 0.5) is 16.4 Å². The van der Waals surface area contributed by atoms with E-state index in [1.165, 1.54) is 12.4 Å². The van der Waals surface area contributed by atoms with Crippen molar-refractivity contribution in [2.24, 2.45) is 5.73 Å². The third kappa shape index (κ3) is 2.82. The first-order chi connectivity index (χ1) is 8.16. The summed E-state index contributed by atoms with van der Waals surface area (Å²) in [6, 6.07) is -0.375. The van der Waals surface area contributed by atoms with E-state index in [0.717, 1.165) is 6.54 Å². The quantitative estimate of drug-likeness (QED) is 0.766. The van der Waals surface area contributed by atoms with Crippen LogP contribution in [0.3, 0.4) is 0 Å². The van der Waals surface area contributed by atoms with Gasteiger partial charge in [-0.2, -0.15) is 0 Å². The molecule has 1 saturated heterocycles. The van der Waals surface area contributed by atoms with E-state index >= 15 is 0 Å². The Morgan fingerprint density at radius 2 is 2.29 bits per heavy atom. The number of nitrogens with one attached hydrogen (secondary N) is 1. The number of anilines is 2. The van der Waals surface area contributed by atoms with Crippen molar-refractivity contribution in [3.63, 3.8) is 0 Å². The van der Waals surface area contributed by atoms with Crippen molar-refractivity contribution < 1.29 is 9.53 Å². The van der Waals surface area contributed by atoms with Crippen molar-refractivity contribution in [2.45, 2.75) is 13.0 Å². The molecule has 2 rings (SSSR count). The number of urea groups is 1. The summed E-state index contributed by atoms with van der Waals surface area (Å²) >= 11 is 0. The van der Waals surface area contributed by atoms with Crippen LogP contribution in [0.1, 0.15) is 6.92 Å². The van der Waals surface area contributed by atoms with Gasteiger partial charge < -0.3 is 20.7 Å². The van der Waals surface area contributed by atoms with Crippen LogP contribution in [0.2, 0.25) is 0 Å². The molecular weight excluding hydrogens is 222 g/mol. The lowest BCUT2D eigenvalue weighted by molar-refractivity contribution is 0.0981. The molecule has 17 heavy (non-hydrogen) atoms. The number of primary amides is 1. The van der Waals surface area contributed by atoms with Gasteiger partial charge in [0, 0.05) is 6.54 Å². The van der Waals surface area contributed by atoms with Crippen molar-refractivity contribution in [3.8, 4) is 0 Å². The predicted molar refractivity (Wildman–Crippen MR) is 62.9 cm³/mol. The van der Waals surface area contributed by atoms with E-state index in [9.17, 15) is 4.79 Å². The number of nitrogens with two attached hydrogens (primary N) is 1. The van der Waals surface area contributed by atoms with Gasteiger partial charge in [-0.3, -0.25) is 0 Å². The second-order valence-electron chi connectivity index (χ2n) is 3.88. The Labute approximate surface area is 99.0 Å². The molecule has 0 bridgehead atoms. The largest absolute Gasteiger partial charge is 0.377 e. The van der Waals surface area contributed by atoms with Crippen LogP contribution in [-0.4, -0.2) is 41.8 Å². The molecule has 1 atom stereocenters. The number of hydrogen-bond acceptors (Lipinski definition) is 5. The number of morpholine rings is 1. The van der Waals surface area contributed by atoms with Crippen LogP contribution < -0.4 is 16.0 Å². The Kier molecular flexibility index (Phi) is 3.38. The summed E-state index contributed by atoms with van der Waals surface area (Å²) in [5.41, 5.74) is 5.48. The Bertz CT molecular complexity index is 394. The molecule has 7 heteroatoms. The predicted octanol–water partition coefficient (Wildman–Crippen LogP) is 0.192. The fraction of sp³-hybridized carbons (Fsp3) is 0.500. The second kappa shape index (κ2) is 4.96. The van der Waals surface area contributed by atoms with Gasteiger partial charge in [0.25, 0.3) is 0 Å². The molecule has 1 aliphatic heterocycles. The van der Waals surface area contributed by atoms with Gasteiger partial charge in [0.05, 0.1) is 37.3 Å². The Hall–Kier alpha value is -1.89. The molecule has 0 saturated carbocycles. The van der Waals surface area contributed by atoms with E-state index in [-0.39, 0.29) is 6.04 Å². The highest BCUT2D eigenvalue weighted by molar-refractivity contribution is 5.87. The lowest BCUT2D eigenvalue weighted by Crippen LogP contribution is -2.44. The highest BCUT2D eigenvalue weighted by atomic mass is 16.5. The van der Waals surface area contributed by atoms with Gasteiger partial charge in [0.1, 0.15) is 0 Å². The number of carbonyl (C=O) groups is 1. The molecule has 1 fully saturated rings. The Balaban J connectivity index is 2.08. The zero-order valence-corrected chi connectivity index (χ0v) is 9.59. The normalized spacial score (nSPS) is 20.1. The Morgan fingerprint density at radius 3 is 2.88 bits per heavy atom. The third-order valence-electron chi connectivity index (χ3n) is 2.53. The summed E-state index contributed by atoms with van der Waals surface area (Å²) in [5, 5.41) is 2.42. The van der Waals surface area contributed by atoms with E-state index in [2.05, 4.69) is 27.1 Å². The van der Waals surface area contributed by atoms with Crippen molar-refractivity contribution >= 4 is 17.7 Å². The molecule has 7 nitrogen and oxygen atoms in total. The fourth-order valence-corrected chi connectivity index (χ4v) is 1.70. The number of nitrogens with zero attached hydrogens (tertiary/aromatic N) is 3. The van der Waals surface area contributed by atoms with Gasteiger partial charge >= 0.3 is 6.03 Å². The zero-order valence-electron chi connectivity index (χ0n) is 9.59. The third-order valence-corrected chi connectivity index (χ3v) is 2.53. The van der Waals surface area contributed by atoms with Crippen molar-refractivity contribution in [1.82, 2.24) is 9.97 Å². The molecule has 0 unspecified atom stereocenters. The molecule has 0 aromatic carbocycles. The number of hydrogen-bond donors (Lipinski definition) is 2. The fourth-order valence-electron chi connectivity index (χ4n) is 1.70. The molecule has 1 aliphatic rings. The topological polar surface area (TPSA) is 93.4 Å². The highest BCUT2D eigenvalue weighted by Crippen LogP contribution is 2.15. The molecule has 92 valence electrons. The monoisotopic (exact) mass is 237 g/mol. The smallest absolute Gasteiger partial charge is 0.316 e. The van der Waals surface area contributed by atoms with Crippen LogP contribution in [0.25, 0.3) is 0 Å². The summed E-state index contributed by atoms with van der Waals surface area (Å²) < 4.78 is 5.34. The molecular formula is C10H15N5O2. The number of ether oxygens (including phenoxy) is 1. The average molecular weight is 237 g/mol. The number of carbonyl (C=O) groups excluding carboxylic acids is 1. The van der Waals surface area contributed by atoms with Crippen molar-refractivity contribution in [2.75, 3.05) is 30.0 Å². The van der Waals surface area contributed by atoms with Gasteiger partial charge in [-0.15, -0.1) is 0 Å². The summed E-state index contributed by atoms with van der Waals surface area (Å²) in [5.74, 6) is 0.635. The van der Waals surface area contributed by atoms with Crippen molar-refractivity contribution in [1.29, 1.82) is 0 Å². The molecule has 2 amide bonds. The standard InChI is InChI=1S/C10H15N5O2/c1-7-6-17-3-2-15(7)10-12-4-8(5-13-10)14-9(11)16/h4-5,7H,2-3,6H2,1H3,(H3,11,14,16)/t7-/m1/s1. The maximum Gasteiger partial charge on any atom is 0.316 e. The molecule has 3 N–H and O–H groups in total. The minimum Gasteiger partial charge on any atom is -0.377 e. The SMILES string of the molecule is C[C@@H]1COCCN1c1ncc(NC(N)=O)cn1. The van der Waals surface area contributed by atoms with Crippen molar-refractivity contribution in [3.05, 3.63) is 12.4 Å². The highest BCUT2D eigenvalue weighted by Gasteiger charge is 2.20. The molecule has 2 heterocycles. The van der Waals surface area contributed by atoms with Gasteiger partial charge in [-0.1, -0.05) is 0 Å². The number of amides is 2. The van der Waals surface area contributed by atoms with Crippen LogP contribution in [0.15, 0.2) is 12.4 Å². The maximum atomic E-state index is 10.6. The van der Waals surface area contributed by atoms with Crippen LogP contribution >= 0.6 is 0 Å². The molecule has 1 aromatic heterocycles. The minimum atomic E-state index is -0.624. The molecule has 0 spiro atoms. The summed E-state index contributed by atoms with van der Waals surface area (Å²) in [6.07, 6.45) is 3.07. The van der Waals surface area contributed by atoms with E-state index in [0.29, 0.717) is 24.8 Å². The van der Waals surface area contributed by atoms with E-state index < -0.39 is 6.03 Å². The first-order valence-corrected chi connectivity index (χ1v) is 5.39. The van der Waals surface area contributed by atoms with Gasteiger partial charge in [-0.05, 0) is 6.92 Å². The first kappa shape index (κ1) is 11.6. The first-order valence-electron chi connectivity index (χ1n) is 5.39. The molecule has 0 aliphatic carbocycles. The minimum absolute atomic E-state index is 0.249. The van der Waals surface area contributed by atoms with E-state index in [1.54, 1.807) is 0 Å². The maximum absolute atomic E-state index is 10.6. The van der Waals surface area contributed by atoms with Gasteiger partial charge in [-0.25, -0.2) is 14.8 Å². The van der Waals surface area contributed by atoms with E-state index in [1.807, 2.05) is 0 Å². The van der Waals surface area contributed by atoms with Crippen LogP contribution in [0, 0.1) is 0 Å². The number of rotatable bonds is 2. The second-order valence-corrected chi connectivity index (χ2v) is 3.88. The van der Waals surface area contributed by atoms with Crippen LogP contribution in [-0.2, 0) is 4.74 Å². The lowest BCUT2D eigenvalue weighted by Gasteiger charge is -2.33.